The molecular weight excluding hydrogens is 340 g/mol. The number of carbonyl (C=O) groups is 1. The molecule has 4 fully saturated rings. The van der Waals surface area contributed by atoms with Crippen molar-refractivity contribution in [3.05, 3.63) is 0 Å². The van der Waals surface area contributed by atoms with Crippen LogP contribution in [0.5, 0.6) is 0 Å². The van der Waals surface area contributed by atoms with Crippen molar-refractivity contribution >= 4 is 5.78 Å². The molecule has 0 heterocycles. The summed E-state index contributed by atoms with van der Waals surface area (Å²) in [6.45, 7) is 12.6. The molecule has 4 aliphatic carbocycles. The first-order valence-electron chi connectivity index (χ1n) is 12.8. The molecule has 0 aromatic heterocycles. The van der Waals surface area contributed by atoms with E-state index < -0.39 is 0 Å². The molecule has 0 spiro atoms. The maximum absolute atomic E-state index is 12.1. The van der Waals surface area contributed by atoms with Crippen LogP contribution in [0.15, 0.2) is 0 Å². The number of ketones is 1. The molecule has 0 bridgehead atoms. The Morgan fingerprint density at radius 1 is 0.893 bits per heavy atom. The number of carbonyl (C=O) groups excluding carboxylic acids is 1. The maximum atomic E-state index is 12.1. The lowest BCUT2D eigenvalue weighted by molar-refractivity contribution is -0.140. The van der Waals surface area contributed by atoms with Gasteiger partial charge in [0, 0.05) is 12.8 Å². The average Bonchev–Trinajstić information content (AvgIpc) is 2.99. The minimum absolute atomic E-state index is 0.471. The first-order valence-corrected chi connectivity index (χ1v) is 12.8. The molecule has 0 radical (unpaired) electrons. The Morgan fingerprint density at radius 2 is 1.64 bits per heavy atom. The summed E-state index contributed by atoms with van der Waals surface area (Å²) < 4.78 is 0. The molecular formula is C27H46O. The van der Waals surface area contributed by atoms with Gasteiger partial charge in [0.25, 0.3) is 0 Å². The molecule has 0 saturated heterocycles. The Bertz CT molecular complexity index is 579. The highest BCUT2D eigenvalue weighted by atomic mass is 16.1. The fourth-order valence-corrected chi connectivity index (χ4v) is 9.07. The van der Waals surface area contributed by atoms with E-state index in [0.29, 0.717) is 22.5 Å². The van der Waals surface area contributed by atoms with Gasteiger partial charge >= 0.3 is 0 Å². The summed E-state index contributed by atoms with van der Waals surface area (Å²) in [6.07, 6.45) is 15.9. The highest BCUT2D eigenvalue weighted by molar-refractivity contribution is 5.79. The predicted octanol–water partition coefficient (Wildman–Crippen LogP) is 7.68. The Balaban J connectivity index is 1.47. The van der Waals surface area contributed by atoms with Gasteiger partial charge in [0.2, 0.25) is 0 Å². The third-order valence-electron chi connectivity index (χ3n) is 10.7. The van der Waals surface area contributed by atoms with Gasteiger partial charge < -0.3 is 0 Å². The molecule has 160 valence electrons. The first-order chi connectivity index (χ1) is 13.3. The molecule has 1 nitrogen and oxygen atoms in total. The molecule has 4 aliphatic rings. The molecule has 0 N–H and O–H groups in total. The summed E-state index contributed by atoms with van der Waals surface area (Å²) in [6, 6.07) is 0. The van der Waals surface area contributed by atoms with Crippen molar-refractivity contribution < 1.29 is 4.79 Å². The van der Waals surface area contributed by atoms with Crippen LogP contribution in [0.2, 0.25) is 0 Å². The van der Waals surface area contributed by atoms with Gasteiger partial charge in [0.1, 0.15) is 5.78 Å². The second-order valence-corrected chi connectivity index (χ2v) is 12.4. The van der Waals surface area contributed by atoms with Crippen LogP contribution < -0.4 is 0 Å². The topological polar surface area (TPSA) is 17.1 Å². The summed E-state index contributed by atoms with van der Waals surface area (Å²) in [4.78, 5) is 12.1. The van der Waals surface area contributed by atoms with E-state index in [9.17, 15) is 4.79 Å². The van der Waals surface area contributed by atoms with Crippen LogP contribution in [0.1, 0.15) is 112 Å². The number of rotatable bonds is 5. The lowest BCUT2D eigenvalue weighted by Gasteiger charge is -2.60. The maximum Gasteiger partial charge on any atom is 0.133 e. The van der Waals surface area contributed by atoms with Crippen molar-refractivity contribution in [2.24, 2.45) is 52.3 Å². The Hall–Kier alpha value is -0.330. The fraction of sp³-hybridized carbons (Fsp3) is 0.963. The molecule has 28 heavy (non-hydrogen) atoms. The van der Waals surface area contributed by atoms with Crippen molar-refractivity contribution in [2.75, 3.05) is 0 Å². The lowest BCUT2D eigenvalue weighted by Crippen LogP contribution is -2.53. The molecule has 0 aliphatic heterocycles. The van der Waals surface area contributed by atoms with Gasteiger partial charge in [-0.25, -0.2) is 0 Å². The van der Waals surface area contributed by atoms with Crippen LogP contribution in [-0.2, 0) is 4.79 Å². The summed E-state index contributed by atoms with van der Waals surface area (Å²) in [5, 5.41) is 0. The standard InChI is InChI=1S/C27H46O/c1-18(2)7-6-8-19(3)23-11-12-24-22-10-9-20-17-21(28)13-15-26(20,4)25(22)14-16-27(23,24)5/h18-20,22-25H,6-17H2,1-5H3/t19?,20?,22?,23?,24-,25-,26-,27+/m0/s1. The Kier molecular flexibility index (Phi) is 5.78. The van der Waals surface area contributed by atoms with Gasteiger partial charge in [-0.2, -0.15) is 0 Å². The molecule has 0 aromatic rings. The zero-order valence-electron chi connectivity index (χ0n) is 19.4. The molecule has 0 amide bonds. The number of hydrogen-bond acceptors (Lipinski definition) is 1. The largest absolute Gasteiger partial charge is 0.300 e. The van der Waals surface area contributed by atoms with Crippen molar-refractivity contribution in [3.63, 3.8) is 0 Å². The number of fused-ring (bicyclic) bond motifs is 5. The molecule has 4 unspecified atom stereocenters. The zero-order chi connectivity index (χ0) is 20.1. The van der Waals surface area contributed by atoms with Gasteiger partial charge in [0.15, 0.2) is 0 Å². The minimum atomic E-state index is 0.471. The van der Waals surface area contributed by atoms with Crippen LogP contribution in [0.4, 0.5) is 0 Å². The van der Waals surface area contributed by atoms with Gasteiger partial charge in [0.05, 0.1) is 0 Å². The summed E-state index contributed by atoms with van der Waals surface area (Å²) in [5.41, 5.74) is 1.07. The van der Waals surface area contributed by atoms with Crippen molar-refractivity contribution in [1.29, 1.82) is 0 Å². The van der Waals surface area contributed by atoms with Gasteiger partial charge in [-0.1, -0.05) is 53.9 Å². The SMILES string of the molecule is CC(C)CCCC(C)C1CC[C@H]2C3CCC4CC(=O)CC[C@]4(C)[C@H]3CC[C@]12C. The van der Waals surface area contributed by atoms with Crippen molar-refractivity contribution in [3.8, 4) is 0 Å². The monoisotopic (exact) mass is 386 g/mol. The third kappa shape index (κ3) is 3.41. The summed E-state index contributed by atoms with van der Waals surface area (Å²) >= 11 is 0. The second kappa shape index (κ2) is 7.73. The normalized spacial score (nSPS) is 46.8. The first kappa shape index (κ1) is 20.9. The zero-order valence-corrected chi connectivity index (χ0v) is 19.4. The number of hydrogen-bond donors (Lipinski definition) is 0. The van der Waals surface area contributed by atoms with E-state index in [1.807, 2.05) is 0 Å². The van der Waals surface area contributed by atoms with Crippen LogP contribution in [-0.4, -0.2) is 5.78 Å². The van der Waals surface area contributed by atoms with Gasteiger partial charge in [-0.15, -0.1) is 0 Å². The molecule has 0 aromatic carbocycles. The summed E-state index contributed by atoms with van der Waals surface area (Å²) in [5.74, 6) is 6.82. The van der Waals surface area contributed by atoms with E-state index in [-0.39, 0.29) is 0 Å². The van der Waals surface area contributed by atoms with Crippen molar-refractivity contribution in [1.82, 2.24) is 0 Å². The van der Waals surface area contributed by atoms with E-state index in [0.717, 1.165) is 48.3 Å². The lowest BCUT2D eigenvalue weighted by atomic mass is 9.44. The number of Topliss-reactive ketones (excluding diaryl/α,β-unsaturated/α-hetero) is 1. The van der Waals surface area contributed by atoms with Gasteiger partial charge in [-0.3, -0.25) is 4.79 Å². The van der Waals surface area contributed by atoms with Gasteiger partial charge in [-0.05, 0) is 97.2 Å². The quantitative estimate of drug-likeness (QED) is 0.473. The molecule has 1 heteroatoms. The predicted molar refractivity (Wildman–Crippen MR) is 118 cm³/mol. The highest BCUT2D eigenvalue weighted by Crippen LogP contribution is 2.68. The highest BCUT2D eigenvalue weighted by Gasteiger charge is 2.60. The van der Waals surface area contributed by atoms with Crippen LogP contribution in [0.3, 0.4) is 0 Å². The summed E-state index contributed by atoms with van der Waals surface area (Å²) in [7, 11) is 0. The van der Waals surface area contributed by atoms with E-state index in [1.54, 1.807) is 0 Å². The van der Waals surface area contributed by atoms with E-state index in [4.69, 9.17) is 0 Å². The van der Waals surface area contributed by atoms with Crippen LogP contribution in [0, 0.1) is 52.3 Å². The van der Waals surface area contributed by atoms with Crippen LogP contribution >= 0.6 is 0 Å². The second-order valence-electron chi connectivity index (χ2n) is 12.4. The Morgan fingerprint density at radius 3 is 2.39 bits per heavy atom. The van der Waals surface area contributed by atoms with E-state index >= 15 is 0 Å². The molecule has 4 rings (SSSR count). The van der Waals surface area contributed by atoms with E-state index in [2.05, 4.69) is 34.6 Å². The smallest absolute Gasteiger partial charge is 0.133 e. The third-order valence-corrected chi connectivity index (χ3v) is 10.7. The average molecular weight is 387 g/mol. The Labute approximate surface area is 174 Å². The van der Waals surface area contributed by atoms with E-state index in [1.165, 1.54) is 64.2 Å². The van der Waals surface area contributed by atoms with Crippen LogP contribution in [0.25, 0.3) is 0 Å². The van der Waals surface area contributed by atoms with Crippen molar-refractivity contribution in [2.45, 2.75) is 112 Å². The fourth-order valence-electron chi connectivity index (χ4n) is 9.07. The minimum Gasteiger partial charge on any atom is -0.300 e. The molecule has 8 atom stereocenters. The molecule has 4 saturated carbocycles.